The third-order valence-corrected chi connectivity index (χ3v) is 5.43. The number of carbonyl (C=O) groups is 1. The van der Waals surface area contributed by atoms with Crippen molar-refractivity contribution in [2.75, 3.05) is 25.3 Å². The van der Waals surface area contributed by atoms with Gasteiger partial charge in [0.25, 0.3) is 0 Å². The Morgan fingerprint density at radius 3 is 2.64 bits per heavy atom. The number of thioether (sulfide) groups is 1. The molecule has 0 aliphatic carbocycles. The maximum Gasteiger partial charge on any atom is 0.234 e. The van der Waals surface area contributed by atoms with E-state index in [-0.39, 0.29) is 11.7 Å². The number of carbonyl (C=O) groups excluding carboxylic acids is 1. The van der Waals surface area contributed by atoms with Gasteiger partial charge in [-0.05, 0) is 36.4 Å². The summed E-state index contributed by atoms with van der Waals surface area (Å²) >= 11 is 4.71. The Kier molecular flexibility index (Phi) is 6.58. The SMILES string of the molecule is COc1ccc(-c2nnc(SCC(=O)Nc3cccc(Br)c3)n2C)cc1OC. The summed E-state index contributed by atoms with van der Waals surface area (Å²) in [5.74, 6) is 2.05. The smallest absolute Gasteiger partial charge is 0.234 e. The van der Waals surface area contributed by atoms with E-state index in [0.29, 0.717) is 22.5 Å². The van der Waals surface area contributed by atoms with Crippen LogP contribution in [0.1, 0.15) is 0 Å². The quantitative estimate of drug-likeness (QED) is 0.534. The number of ether oxygens (including phenoxy) is 2. The van der Waals surface area contributed by atoms with Gasteiger partial charge in [0.1, 0.15) is 0 Å². The molecule has 1 aromatic heterocycles. The summed E-state index contributed by atoms with van der Waals surface area (Å²) in [5.41, 5.74) is 1.59. The van der Waals surface area contributed by atoms with E-state index in [1.807, 2.05) is 54.1 Å². The van der Waals surface area contributed by atoms with E-state index in [1.165, 1.54) is 11.8 Å². The minimum Gasteiger partial charge on any atom is -0.493 e. The third kappa shape index (κ3) is 4.66. The van der Waals surface area contributed by atoms with Gasteiger partial charge in [0.05, 0.1) is 20.0 Å². The van der Waals surface area contributed by atoms with Crippen molar-refractivity contribution in [3.05, 3.63) is 46.9 Å². The van der Waals surface area contributed by atoms with Crippen LogP contribution < -0.4 is 14.8 Å². The average molecular weight is 463 g/mol. The Balaban J connectivity index is 1.69. The lowest BCUT2D eigenvalue weighted by Gasteiger charge is -2.09. The number of amides is 1. The van der Waals surface area contributed by atoms with E-state index in [4.69, 9.17) is 9.47 Å². The molecule has 2 aromatic carbocycles. The van der Waals surface area contributed by atoms with Crippen molar-refractivity contribution >= 4 is 39.3 Å². The second kappa shape index (κ2) is 9.11. The molecule has 1 N–H and O–H groups in total. The molecule has 0 aliphatic rings. The maximum atomic E-state index is 12.2. The monoisotopic (exact) mass is 462 g/mol. The lowest BCUT2D eigenvalue weighted by molar-refractivity contribution is -0.113. The molecule has 1 amide bonds. The third-order valence-electron chi connectivity index (χ3n) is 3.92. The fourth-order valence-corrected chi connectivity index (χ4v) is 3.67. The van der Waals surface area contributed by atoms with Crippen molar-refractivity contribution in [2.24, 2.45) is 7.05 Å². The van der Waals surface area contributed by atoms with Gasteiger partial charge in [-0.15, -0.1) is 10.2 Å². The molecule has 7 nitrogen and oxygen atoms in total. The molecule has 1 heterocycles. The number of hydrogen-bond donors (Lipinski definition) is 1. The predicted molar refractivity (Wildman–Crippen MR) is 113 cm³/mol. The molecule has 0 saturated heterocycles. The predicted octanol–water partition coefficient (Wildman–Crippen LogP) is 3.99. The molecule has 28 heavy (non-hydrogen) atoms. The fraction of sp³-hybridized carbons (Fsp3) is 0.211. The van der Waals surface area contributed by atoms with E-state index in [1.54, 1.807) is 14.2 Å². The fourth-order valence-electron chi connectivity index (χ4n) is 2.56. The van der Waals surface area contributed by atoms with Crippen LogP contribution >= 0.6 is 27.7 Å². The van der Waals surface area contributed by atoms with Crippen LogP contribution in [0.15, 0.2) is 52.1 Å². The van der Waals surface area contributed by atoms with E-state index in [9.17, 15) is 4.79 Å². The molecule has 0 atom stereocenters. The summed E-state index contributed by atoms with van der Waals surface area (Å²) in [6.07, 6.45) is 0. The maximum absolute atomic E-state index is 12.2. The molecule has 0 bridgehead atoms. The highest BCUT2D eigenvalue weighted by atomic mass is 79.9. The number of rotatable bonds is 7. The second-order valence-corrected chi connectivity index (χ2v) is 7.64. The van der Waals surface area contributed by atoms with Gasteiger partial charge in [0, 0.05) is 22.8 Å². The number of halogens is 1. The topological polar surface area (TPSA) is 78.3 Å². The number of benzene rings is 2. The molecule has 146 valence electrons. The molecule has 3 aromatic rings. The van der Waals surface area contributed by atoms with Crippen LogP contribution in [0, 0.1) is 0 Å². The van der Waals surface area contributed by atoms with E-state index < -0.39 is 0 Å². The first-order valence-corrected chi connectivity index (χ1v) is 10.1. The van der Waals surface area contributed by atoms with Crippen molar-refractivity contribution in [3.8, 4) is 22.9 Å². The van der Waals surface area contributed by atoms with Gasteiger partial charge in [0.15, 0.2) is 22.5 Å². The Morgan fingerprint density at radius 2 is 1.93 bits per heavy atom. The molecular weight excluding hydrogens is 444 g/mol. The van der Waals surface area contributed by atoms with Gasteiger partial charge in [-0.1, -0.05) is 33.8 Å². The Labute approximate surface area is 175 Å². The molecule has 0 spiro atoms. The Morgan fingerprint density at radius 1 is 1.14 bits per heavy atom. The second-order valence-electron chi connectivity index (χ2n) is 5.78. The van der Waals surface area contributed by atoms with Crippen LogP contribution in [0.5, 0.6) is 11.5 Å². The number of aromatic nitrogens is 3. The highest BCUT2D eigenvalue weighted by Crippen LogP contribution is 2.32. The van der Waals surface area contributed by atoms with Crippen molar-refractivity contribution in [1.82, 2.24) is 14.8 Å². The van der Waals surface area contributed by atoms with Gasteiger partial charge in [-0.2, -0.15) is 0 Å². The lowest BCUT2D eigenvalue weighted by Crippen LogP contribution is -2.14. The zero-order valence-corrected chi connectivity index (χ0v) is 18.0. The number of hydrogen-bond acceptors (Lipinski definition) is 6. The summed E-state index contributed by atoms with van der Waals surface area (Å²) in [4.78, 5) is 12.2. The zero-order chi connectivity index (χ0) is 20.1. The van der Waals surface area contributed by atoms with Gasteiger partial charge >= 0.3 is 0 Å². The van der Waals surface area contributed by atoms with E-state index in [2.05, 4.69) is 31.4 Å². The summed E-state index contributed by atoms with van der Waals surface area (Å²) in [6, 6.07) is 13.0. The van der Waals surface area contributed by atoms with Crippen molar-refractivity contribution in [1.29, 1.82) is 0 Å². The first-order valence-electron chi connectivity index (χ1n) is 8.32. The molecule has 0 unspecified atom stereocenters. The molecule has 0 aliphatic heterocycles. The molecule has 3 rings (SSSR count). The van der Waals surface area contributed by atoms with Gasteiger partial charge in [0.2, 0.25) is 5.91 Å². The summed E-state index contributed by atoms with van der Waals surface area (Å²) < 4.78 is 13.4. The molecule has 9 heteroatoms. The number of anilines is 1. The number of methoxy groups -OCH3 is 2. The highest BCUT2D eigenvalue weighted by Gasteiger charge is 2.15. The largest absolute Gasteiger partial charge is 0.493 e. The van der Waals surface area contributed by atoms with Crippen LogP contribution in [0.4, 0.5) is 5.69 Å². The van der Waals surface area contributed by atoms with Crippen LogP contribution in [0.3, 0.4) is 0 Å². The van der Waals surface area contributed by atoms with Crippen LogP contribution in [-0.2, 0) is 11.8 Å². The van der Waals surface area contributed by atoms with E-state index >= 15 is 0 Å². The Hall–Kier alpha value is -2.52. The lowest BCUT2D eigenvalue weighted by atomic mass is 10.2. The van der Waals surface area contributed by atoms with Crippen LogP contribution in [0.25, 0.3) is 11.4 Å². The van der Waals surface area contributed by atoms with Crippen LogP contribution in [0.2, 0.25) is 0 Å². The minimum absolute atomic E-state index is 0.112. The zero-order valence-electron chi connectivity index (χ0n) is 15.6. The van der Waals surface area contributed by atoms with Gasteiger partial charge in [-0.25, -0.2) is 0 Å². The minimum atomic E-state index is -0.112. The van der Waals surface area contributed by atoms with Gasteiger partial charge < -0.3 is 19.4 Å². The Bertz CT molecular complexity index is 993. The molecular formula is C19H19BrN4O3S. The first-order chi connectivity index (χ1) is 13.5. The number of nitrogens with one attached hydrogen (secondary N) is 1. The summed E-state index contributed by atoms with van der Waals surface area (Å²) in [7, 11) is 5.04. The highest BCUT2D eigenvalue weighted by molar-refractivity contribution is 9.10. The molecule has 0 radical (unpaired) electrons. The van der Waals surface area contributed by atoms with Crippen LogP contribution in [-0.4, -0.2) is 40.6 Å². The first kappa shape index (κ1) is 20.2. The molecule has 0 saturated carbocycles. The number of nitrogens with zero attached hydrogens (tertiary/aromatic N) is 3. The summed E-state index contributed by atoms with van der Waals surface area (Å²) in [6.45, 7) is 0. The van der Waals surface area contributed by atoms with Crippen molar-refractivity contribution in [2.45, 2.75) is 5.16 Å². The normalized spacial score (nSPS) is 10.6. The van der Waals surface area contributed by atoms with Gasteiger partial charge in [-0.3, -0.25) is 4.79 Å². The summed E-state index contributed by atoms with van der Waals surface area (Å²) in [5, 5.41) is 12.0. The van der Waals surface area contributed by atoms with Crippen molar-refractivity contribution < 1.29 is 14.3 Å². The standard InChI is InChI=1S/C19H19BrN4O3S/c1-24-18(12-7-8-15(26-2)16(9-12)27-3)22-23-19(24)28-11-17(25)21-14-6-4-5-13(20)10-14/h4-10H,11H2,1-3H3,(H,21,25). The molecule has 0 fully saturated rings. The average Bonchev–Trinajstić information content (AvgIpc) is 3.06. The van der Waals surface area contributed by atoms with E-state index in [0.717, 1.165) is 15.7 Å². The van der Waals surface area contributed by atoms with Crippen molar-refractivity contribution in [3.63, 3.8) is 0 Å².